The van der Waals surface area contributed by atoms with Gasteiger partial charge in [-0.3, -0.25) is 14.6 Å². The summed E-state index contributed by atoms with van der Waals surface area (Å²) >= 11 is 2.70. The second-order valence-electron chi connectivity index (χ2n) is 4.87. The third-order valence-electron chi connectivity index (χ3n) is 2.93. The van der Waals surface area contributed by atoms with Crippen LogP contribution in [0.25, 0.3) is 10.7 Å². The zero-order valence-corrected chi connectivity index (χ0v) is 14.1. The number of anilines is 1. The fourth-order valence-corrected chi connectivity index (χ4v) is 3.47. The van der Waals surface area contributed by atoms with Crippen LogP contribution in [0.5, 0.6) is 0 Å². The second kappa shape index (κ2) is 7.28. The number of nitrogens with two attached hydrogens (primary N) is 1. The summed E-state index contributed by atoms with van der Waals surface area (Å²) in [4.78, 5) is 35.7. The molecular weight excluding hydrogens is 346 g/mol. The Morgan fingerprint density at radius 3 is 2.62 bits per heavy atom. The van der Waals surface area contributed by atoms with Gasteiger partial charge in [-0.25, -0.2) is 9.97 Å². The topological polar surface area (TPSA) is 111 Å². The third-order valence-corrected chi connectivity index (χ3v) is 4.65. The molecule has 2 amide bonds. The Balaban J connectivity index is 1.60. The number of rotatable bonds is 6. The standard InChI is InChI=1S/C15H13N5O2S2/c16-12(21)5-9-8-24-15(19-9)20-13(22)6-10-7-23-14(18-10)11-3-1-2-4-17-11/h1-4,7-8H,5-6H2,(H2,16,21)(H,19,20,22). The van der Waals surface area contributed by atoms with Gasteiger partial charge in [0.15, 0.2) is 5.13 Å². The predicted molar refractivity (Wildman–Crippen MR) is 92.7 cm³/mol. The van der Waals surface area contributed by atoms with Crippen molar-refractivity contribution in [2.24, 2.45) is 5.73 Å². The van der Waals surface area contributed by atoms with Gasteiger partial charge in [0.25, 0.3) is 0 Å². The number of amides is 2. The van der Waals surface area contributed by atoms with Gasteiger partial charge in [-0.05, 0) is 12.1 Å². The maximum absolute atomic E-state index is 12.1. The van der Waals surface area contributed by atoms with Crippen molar-refractivity contribution in [2.75, 3.05) is 5.32 Å². The smallest absolute Gasteiger partial charge is 0.232 e. The molecule has 3 N–H and O–H groups in total. The lowest BCUT2D eigenvalue weighted by Gasteiger charge is -1.99. The highest BCUT2D eigenvalue weighted by molar-refractivity contribution is 7.14. The van der Waals surface area contributed by atoms with Gasteiger partial charge in [0, 0.05) is 17.0 Å². The van der Waals surface area contributed by atoms with Crippen LogP contribution >= 0.6 is 22.7 Å². The van der Waals surface area contributed by atoms with E-state index in [0.717, 1.165) is 10.7 Å². The molecule has 0 aliphatic carbocycles. The number of carbonyl (C=O) groups excluding carboxylic acids is 2. The lowest BCUT2D eigenvalue weighted by molar-refractivity contribution is -0.117. The highest BCUT2D eigenvalue weighted by atomic mass is 32.1. The Morgan fingerprint density at radius 1 is 1.08 bits per heavy atom. The predicted octanol–water partition coefficient (Wildman–Crippen LogP) is 1.87. The van der Waals surface area contributed by atoms with E-state index in [1.54, 1.807) is 11.6 Å². The first kappa shape index (κ1) is 16.2. The van der Waals surface area contributed by atoms with Crippen LogP contribution in [0.3, 0.4) is 0 Å². The van der Waals surface area contributed by atoms with Crippen LogP contribution in [-0.4, -0.2) is 26.8 Å². The average molecular weight is 359 g/mol. The molecule has 3 rings (SSSR count). The van der Waals surface area contributed by atoms with E-state index >= 15 is 0 Å². The summed E-state index contributed by atoms with van der Waals surface area (Å²) in [5.74, 6) is -0.671. The van der Waals surface area contributed by atoms with Gasteiger partial charge in [-0.1, -0.05) is 6.07 Å². The summed E-state index contributed by atoms with van der Waals surface area (Å²) < 4.78 is 0. The highest BCUT2D eigenvalue weighted by Gasteiger charge is 2.12. The molecule has 0 saturated carbocycles. The molecule has 0 aliphatic heterocycles. The Kier molecular flexibility index (Phi) is 4.92. The van der Waals surface area contributed by atoms with Crippen molar-refractivity contribution >= 4 is 39.6 Å². The first-order valence-corrected chi connectivity index (χ1v) is 8.74. The quantitative estimate of drug-likeness (QED) is 0.698. The van der Waals surface area contributed by atoms with Crippen LogP contribution in [0.2, 0.25) is 0 Å². The minimum atomic E-state index is -0.456. The van der Waals surface area contributed by atoms with Gasteiger partial charge >= 0.3 is 0 Å². The van der Waals surface area contributed by atoms with E-state index in [1.807, 2.05) is 23.6 Å². The molecule has 0 fully saturated rings. The summed E-state index contributed by atoms with van der Waals surface area (Å²) in [6, 6.07) is 5.60. The van der Waals surface area contributed by atoms with Gasteiger partial charge in [0.05, 0.1) is 29.9 Å². The zero-order chi connectivity index (χ0) is 16.9. The Morgan fingerprint density at radius 2 is 1.88 bits per heavy atom. The molecule has 0 atom stereocenters. The Bertz CT molecular complexity index is 860. The van der Waals surface area contributed by atoms with Gasteiger partial charge in [0.2, 0.25) is 11.8 Å². The van der Waals surface area contributed by atoms with E-state index in [-0.39, 0.29) is 18.7 Å². The first-order valence-electron chi connectivity index (χ1n) is 6.98. The maximum Gasteiger partial charge on any atom is 0.232 e. The van der Waals surface area contributed by atoms with Gasteiger partial charge in [-0.15, -0.1) is 22.7 Å². The number of primary amides is 1. The number of aromatic nitrogens is 3. The highest BCUT2D eigenvalue weighted by Crippen LogP contribution is 2.22. The molecule has 122 valence electrons. The van der Waals surface area contributed by atoms with Crippen LogP contribution in [0.1, 0.15) is 11.4 Å². The summed E-state index contributed by atoms with van der Waals surface area (Å²) in [5.41, 5.74) is 7.12. The fraction of sp³-hybridized carbons (Fsp3) is 0.133. The van der Waals surface area contributed by atoms with E-state index in [0.29, 0.717) is 16.5 Å². The minimum absolute atomic E-state index is 0.0614. The second-order valence-corrected chi connectivity index (χ2v) is 6.59. The van der Waals surface area contributed by atoms with Crippen LogP contribution in [0, 0.1) is 0 Å². The number of thiazole rings is 2. The fourth-order valence-electron chi connectivity index (χ4n) is 1.95. The van der Waals surface area contributed by atoms with Crippen molar-refractivity contribution in [1.82, 2.24) is 15.0 Å². The molecule has 0 spiro atoms. The molecule has 9 heteroatoms. The molecule has 0 bridgehead atoms. The van der Waals surface area contributed by atoms with E-state index in [2.05, 4.69) is 20.3 Å². The molecule has 24 heavy (non-hydrogen) atoms. The summed E-state index contributed by atoms with van der Waals surface area (Å²) in [6.45, 7) is 0. The normalized spacial score (nSPS) is 10.5. The summed E-state index contributed by atoms with van der Waals surface area (Å²) in [5, 5.41) is 7.45. The van der Waals surface area contributed by atoms with Crippen molar-refractivity contribution in [1.29, 1.82) is 0 Å². The largest absolute Gasteiger partial charge is 0.369 e. The van der Waals surface area contributed by atoms with Gasteiger partial charge < -0.3 is 11.1 Å². The molecule has 3 aromatic rings. The van der Waals surface area contributed by atoms with E-state index in [1.165, 1.54) is 22.7 Å². The molecule has 0 aromatic carbocycles. The van der Waals surface area contributed by atoms with Crippen LogP contribution < -0.4 is 11.1 Å². The molecule has 0 aliphatic rings. The minimum Gasteiger partial charge on any atom is -0.369 e. The first-order chi connectivity index (χ1) is 11.6. The maximum atomic E-state index is 12.1. The molecule has 3 aromatic heterocycles. The number of hydrogen-bond acceptors (Lipinski definition) is 7. The molecule has 0 unspecified atom stereocenters. The van der Waals surface area contributed by atoms with Crippen LogP contribution in [-0.2, 0) is 22.4 Å². The van der Waals surface area contributed by atoms with Crippen molar-refractivity contribution in [3.63, 3.8) is 0 Å². The number of pyridine rings is 1. The van der Waals surface area contributed by atoms with E-state index < -0.39 is 5.91 Å². The number of carbonyl (C=O) groups is 2. The summed E-state index contributed by atoms with van der Waals surface area (Å²) in [7, 11) is 0. The molecule has 0 saturated heterocycles. The van der Waals surface area contributed by atoms with Crippen molar-refractivity contribution in [3.05, 3.63) is 46.5 Å². The van der Waals surface area contributed by atoms with E-state index in [4.69, 9.17) is 5.73 Å². The molecule has 7 nitrogen and oxygen atoms in total. The Labute approximate surface area is 145 Å². The average Bonchev–Trinajstić information content (AvgIpc) is 3.17. The van der Waals surface area contributed by atoms with Crippen LogP contribution in [0.4, 0.5) is 5.13 Å². The molecule has 3 heterocycles. The molecular formula is C15H13N5O2S2. The SMILES string of the molecule is NC(=O)Cc1csc(NC(=O)Cc2csc(-c3ccccn3)n2)n1. The van der Waals surface area contributed by atoms with Gasteiger partial charge in [0.1, 0.15) is 5.01 Å². The third kappa shape index (κ3) is 4.21. The zero-order valence-electron chi connectivity index (χ0n) is 12.4. The van der Waals surface area contributed by atoms with Gasteiger partial charge in [-0.2, -0.15) is 0 Å². The van der Waals surface area contributed by atoms with Crippen molar-refractivity contribution < 1.29 is 9.59 Å². The van der Waals surface area contributed by atoms with E-state index in [9.17, 15) is 9.59 Å². The van der Waals surface area contributed by atoms with Crippen molar-refractivity contribution in [3.8, 4) is 10.7 Å². The van der Waals surface area contributed by atoms with Crippen molar-refractivity contribution in [2.45, 2.75) is 12.8 Å². The number of hydrogen-bond donors (Lipinski definition) is 2. The monoisotopic (exact) mass is 359 g/mol. The van der Waals surface area contributed by atoms with Crippen LogP contribution in [0.15, 0.2) is 35.2 Å². The Hall–Kier alpha value is -2.65. The molecule has 0 radical (unpaired) electrons. The summed E-state index contributed by atoms with van der Waals surface area (Å²) in [6.07, 6.45) is 1.91. The number of nitrogens with one attached hydrogen (secondary N) is 1. The number of nitrogens with zero attached hydrogens (tertiary/aromatic N) is 3. The lowest BCUT2D eigenvalue weighted by Crippen LogP contribution is -2.15. The lowest BCUT2D eigenvalue weighted by atomic mass is 10.3.